The zero-order valence-electron chi connectivity index (χ0n) is 15.1. The molecule has 5 nitrogen and oxygen atoms in total. The van der Waals surface area contributed by atoms with Crippen molar-refractivity contribution in [2.75, 3.05) is 32.7 Å². The number of urea groups is 1. The molecule has 0 radical (unpaired) electrons. The summed E-state index contributed by atoms with van der Waals surface area (Å²) in [5.41, 5.74) is 3.05. The fraction of sp³-hybridized carbons (Fsp3) is 0.333. The molecular weight excluding hydrogens is 326 g/mol. The Balaban J connectivity index is 1.43. The first-order valence-corrected chi connectivity index (χ1v) is 9.06. The summed E-state index contributed by atoms with van der Waals surface area (Å²) < 4.78 is 0. The Kier molecular flexibility index (Phi) is 5.89. The number of amides is 3. The van der Waals surface area contributed by atoms with E-state index in [-0.39, 0.29) is 11.9 Å². The SMILES string of the molecule is Cc1ccc(C(=O)N2CCN(C(=O)NCCc3ccccc3)CC2)cc1. The van der Waals surface area contributed by atoms with Crippen molar-refractivity contribution in [3.05, 3.63) is 71.3 Å². The third-order valence-corrected chi connectivity index (χ3v) is 4.69. The molecule has 0 atom stereocenters. The number of nitrogens with zero attached hydrogens (tertiary/aromatic N) is 2. The van der Waals surface area contributed by atoms with Crippen LogP contribution in [0.25, 0.3) is 0 Å². The lowest BCUT2D eigenvalue weighted by molar-refractivity contribution is 0.0665. The van der Waals surface area contributed by atoms with Gasteiger partial charge in [-0.3, -0.25) is 4.79 Å². The lowest BCUT2D eigenvalue weighted by Gasteiger charge is -2.34. The van der Waals surface area contributed by atoms with E-state index in [1.165, 1.54) is 5.56 Å². The number of hydrogen-bond acceptors (Lipinski definition) is 2. The molecule has 0 aromatic heterocycles. The highest BCUT2D eigenvalue weighted by molar-refractivity contribution is 5.94. The van der Waals surface area contributed by atoms with Crippen LogP contribution in [0.2, 0.25) is 0 Å². The van der Waals surface area contributed by atoms with Crippen LogP contribution in [0.15, 0.2) is 54.6 Å². The highest BCUT2D eigenvalue weighted by Gasteiger charge is 2.24. The molecule has 1 N–H and O–H groups in total. The van der Waals surface area contributed by atoms with Crippen molar-refractivity contribution in [2.45, 2.75) is 13.3 Å². The standard InChI is InChI=1S/C21H25N3O2/c1-17-7-9-19(10-8-17)20(25)23-13-15-24(16-14-23)21(26)22-12-11-18-5-3-2-4-6-18/h2-10H,11-16H2,1H3,(H,22,26). The predicted octanol–water partition coefficient (Wildman–Crippen LogP) is 2.71. The number of rotatable bonds is 4. The van der Waals surface area contributed by atoms with Crippen LogP contribution in [0.4, 0.5) is 4.79 Å². The van der Waals surface area contributed by atoms with Gasteiger partial charge in [0.1, 0.15) is 0 Å². The van der Waals surface area contributed by atoms with E-state index in [1.54, 1.807) is 4.90 Å². The van der Waals surface area contributed by atoms with Crippen LogP contribution in [0.1, 0.15) is 21.5 Å². The van der Waals surface area contributed by atoms with Gasteiger partial charge in [-0.2, -0.15) is 0 Å². The Morgan fingerprint density at radius 1 is 0.885 bits per heavy atom. The van der Waals surface area contributed by atoms with Gasteiger partial charge in [-0.05, 0) is 31.0 Å². The van der Waals surface area contributed by atoms with Gasteiger partial charge in [0.05, 0.1) is 0 Å². The molecule has 0 aliphatic carbocycles. The molecule has 136 valence electrons. The second kappa shape index (κ2) is 8.52. The van der Waals surface area contributed by atoms with E-state index in [1.807, 2.05) is 54.3 Å². The van der Waals surface area contributed by atoms with Crippen LogP contribution in [0, 0.1) is 6.92 Å². The van der Waals surface area contributed by atoms with Crippen LogP contribution >= 0.6 is 0 Å². The van der Waals surface area contributed by atoms with E-state index in [4.69, 9.17) is 0 Å². The molecule has 1 heterocycles. The molecule has 1 saturated heterocycles. The smallest absolute Gasteiger partial charge is 0.317 e. The number of benzene rings is 2. The molecule has 0 saturated carbocycles. The number of hydrogen-bond donors (Lipinski definition) is 1. The Morgan fingerprint density at radius 2 is 1.50 bits per heavy atom. The van der Waals surface area contributed by atoms with Crippen LogP contribution < -0.4 is 5.32 Å². The maximum Gasteiger partial charge on any atom is 0.317 e. The molecule has 1 aliphatic heterocycles. The van der Waals surface area contributed by atoms with E-state index in [0.29, 0.717) is 38.3 Å². The number of nitrogens with one attached hydrogen (secondary N) is 1. The molecule has 3 amide bonds. The molecule has 0 unspecified atom stereocenters. The van der Waals surface area contributed by atoms with Gasteiger partial charge < -0.3 is 15.1 Å². The van der Waals surface area contributed by atoms with Crippen molar-refractivity contribution in [1.29, 1.82) is 0 Å². The molecule has 1 aliphatic rings. The van der Waals surface area contributed by atoms with E-state index >= 15 is 0 Å². The molecule has 1 fully saturated rings. The van der Waals surface area contributed by atoms with Crippen molar-refractivity contribution < 1.29 is 9.59 Å². The van der Waals surface area contributed by atoms with E-state index in [0.717, 1.165) is 12.0 Å². The van der Waals surface area contributed by atoms with Crippen LogP contribution in [0.5, 0.6) is 0 Å². The monoisotopic (exact) mass is 351 g/mol. The lowest BCUT2D eigenvalue weighted by atomic mass is 10.1. The summed E-state index contributed by atoms with van der Waals surface area (Å²) >= 11 is 0. The third-order valence-electron chi connectivity index (χ3n) is 4.69. The topological polar surface area (TPSA) is 52.7 Å². The minimum absolute atomic E-state index is 0.0362. The Bertz CT molecular complexity index is 736. The van der Waals surface area contributed by atoms with Crippen molar-refractivity contribution >= 4 is 11.9 Å². The highest BCUT2D eigenvalue weighted by Crippen LogP contribution is 2.10. The van der Waals surface area contributed by atoms with Crippen molar-refractivity contribution in [3.63, 3.8) is 0 Å². The average molecular weight is 351 g/mol. The fourth-order valence-corrected chi connectivity index (χ4v) is 3.06. The zero-order valence-corrected chi connectivity index (χ0v) is 15.1. The number of carbonyl (C=O) groups excluding carboxylic acids is 2. The first kappa shape index (κ1) is 18.0. The molecular formula is C21H25N3O2. The first-order chi connectivity index (χ1) is 12.6. The van der Waals surface area contributed by atoms with Gasteiger partial charge in [0.15, 0.2) is 0 Å². The van der Waals surface area contributed by atoms with Crippen LogP contribution in [0.3, 0.4) is 0 Å². The molecule has 3 rings (SSSR count). The summed E-state index contributed by atoms with van der Waals surface area (Å²) in [6, 6.07) is 17.7. The van der Waals surface area contributed by atoms with Gasteiger partial charge >= 0.3 is 6.03 Å². The van der Waals surface area contributed by atoms with Crippen molar-refractivity contribution in [1.82, 2.24) is 15.1 Å². The van der Waals surface area contributed by atoms with E-state index < -0.39 is 0 Å². The van der Waals surface area contributed by atoms with Crippen molar-refractivity contribution in [3.8, 4) is 0 Å². The summed E-state index contributed by atoms with van der Waals surface area (Å²) in [6.45, 7) is 4.88. The minimum atomic E-state index is -0.0524. The number of aryl methyl sites for hydroxylation is 1. The van der Waals surface area contributed by atoms with Gasteiger partial charge in [0.25, 0.3) is 5.91 Å². The van der Waals surface area contributed by atoms with E-state index in [9.17, 15) is 9.59 Å². The van der Waals surface area contributed by atoms with Crippen LogP contribution in [-0.2, 0) is 6.42 Å². The van der Waals surface area contributed by atoms with Gasteiger partial charge in [-0.25, -0.2) is 4.79 Å². The molecule has 0 spiro atoms. The number of piperazine rings is 1. The Morgan fingerprint density at radius 3 is 2.15 bits per heavy atom. The third kappa shape index (κ3) is 4.63. The Hall–Kier alpha value is -2.82. The van der Waals surface area contributed by atoms with Gasteiger partial charge in [-0.15, -0.1) is 0 Å². The summed E-state index contributed by atoms with van der Waals surface area (Å²) in [5.74, 6) is 0.0362. The second-order valence-corrected chi connectivity index (χ2v) is 6.61. The quantitative estimate of drug-likeness (QED) is 0.921. The predicted molar refractivity (Wildman–Crippen MR) is 102 cm³/mol. The molecule has 0 bridgehead atoms. The Labute approximate surface area is 154 Å². The van der Waals surface area contributed by atoms with Crippen molar-refractivity contribution in [2.24, 2.45) is 0 Å². The molecule has 2 aromatic rings. The number of carbonyl (C=O) groups is 2. The fourth-order valence-electron chi connectivity index (χ4n) is 3.06. The average Bonchev–Trinajstić information content (AvgIpc) is 2.69. The van der Waals surface area contributed by atoms with E-state index in [2.05, 4.69) is 17.4 Å². The maximum atomic E-state index is 12.5. The molecule has 5 heteroatoms. The molecule has 26 heavy (non-hydrogen) atoms. The van der Waals surface area contributed by atoms with Gasteiger partial charge in [0, 0.05) is 38.3 Å². The first-order valence-electron chi connectivity index (χ1n) is 9.06. The summed E-state index contributed by atoms with van der Waals surface area (Å²) in [6.07, 6.45) is 0.818. The van der Waals surface area contributed by atoms with Gasteiger partial charge in [0.2, 0.25) is 0 Å². The minimum Gasteiger partial charge on any atom is -0.338 e. The largest absolute Gasteiger partial charge is 0.338 e. The highest BCUT2D eigenvalue weighted by atomic mass is 16.2. The maximum absolute atomic E-state index is 12.5. The summed E-state index contributed by atoms with van der Waals surface area (Å²) in [4.78, 5) is 28.4. The molecule has 2 aromatic carbocycles. The normalized spacial score (nSPS) is 14.2. The summed E-state index contributed by atoms with van der Waals surface area (Å²) in [5, 5.41) is 2.97. The zero-order chi connectivity index (χ0) is 18.4. The second-order valence-electron chi connectivity index (χ2n) is 6.61. The van der Waals surface area contributed by atoms with Gasteiger partial charge in [-0.1, -0.05) is 48.0 Å². The summed E-state index contributed by atoms with van der Waals surface area (Å²) in [7, 11) is 0. The lowest BCUT2D eigenvalue weighted by Crippen LogP contribution is -2.53. The van der Waals surface area contributed by atoms with Crippen LogP contribution in [-0.4, -0.2) is 54.5 Å².